The van der Waals surface area contributed by atoms with Gasteiger partial charge in [0.1, 0.15) is 5.58 Å². The molecule has 0 bridgehead atoms. The van der Waals surface area contributed by atoms with Crippen LogP contribution in [0.25, 0.3) is 11.0 Å². The fraction of sp³-hybridized carbons (Fsp3) is 0. The molecule has 0 unspecified atom stereocenters. The molecule has 0 amide bonds. The lowest BCUT2D eigenvalue weighted by Crippen LogP contribution is -2.03. The molecule has 1 aromatic heterocycles. The van der Waals surface area contributed by atoms with E-state index in [0.717, 1.165) is 6.39 Å². The molecule has 0 atom stereocenters. The molecule has 2 rings (SSSR count). The van der Waals surface area contributed by atoms with Crippen LogP contribution in [-0.2, 0) is 0 Å². The summed E-state index contributed by atoms with van der Waals surface area (Å²) in [5.41, 5.74) is 0.333. The van der Waals surface area contributed by atoms with Crippen molar-refractivity contribution in [3.8, 4) is 0 Å². The van der Waals surface area contributed by atoms with Crippen LogP contribution in [0.1, 0.15) is 0 Å². The van der Waals surface area contributed by atoms with E-state index < -0.39 is 0 Å². The van der Waals surface area contributed by atoms with E-state index in [0.29, 0.717) is 11.0 Å². The molecule has 0 saturated carbocycles. The number of aromatic nitrogens is 1. The summed E-state index contributed by atoms with van der Waals surface area (Å²) in [5, 5.41) is 0.523. The Kier molecular flexibility index (Phi) is 2.45. The van der Waals surface area contributed by atoms with E-state index >= 15 is 0 Å². The SMILES string of the molecule is Cl.O=c1ncoc2ccccc12. The molecule has 0 fully saturated rings. The first-order valence-corrected chi connectivity index (χ1v) is 3.20. The van der Waals surface area contributed by atoms with Crippen LogP contribution in [0.2, 0.25) is 0 Å². The van der Waals surface area contributed by atoms with Crippen molar-refractivity contribution in [2.75, 3.05) is 0 Å². The molecule has 1 aromatic carbocycles. The minimum Gasteiger partial charge on any atom is -0.445 e. The van der Waals surface area contributed by atoms with Crippen LogP contribution in [0.5, 0.6) is 0 Å². The van der Waals surface area contributed by atoms with Crippen LogP contribution in [0.4, 0.5) is 0 Å². The van der Waals surface area contributed by atoms with Crippen molar-refractivity contribution in [2.24, 2.45) is 0 Å². The van der Waals surface area contributed by atoms with E-state index in [1.807, 2.05) is 6.07 Å². The predicted molar refractivity (Wildman–Crippen MR) is 47.5 cm³/mol. The zero-order chi connectivity index (χ0) is 7.68. The van der Waals surface area contributed by atoms with E-state index in [2.05, 4.69) is 4.98 Å². The standard InChI is InChI=1S/C8H5NO2.ClH/c10-8-6-3-1-2-4-7(6)11-5-9-8;/h1-5H;1H. The number of hydrogen-bond donors (Lipinski definition) is 0. The van der Waals surface area contributed by atoms with Crippen molar-refractivity contribution < 1.29 is 4.42 Å². The molecule has 2 aromatic rings. The quantitative estimate of drug-likeness (QED) is 0.623. The highest BCUT2D eigenvalue weighted by molar-refractivity contribution is 5.85. The lowest BCUT2D eigenvalue weighted by Gasteiger charge is -1.90. The van der Waals surface area contributed by atoms with Gasteiger partial charge in [-0.3, -0.25) is 4.79 Å². The summed E-state index contributed by atoms with van der Waals surface area (Å²) < 4.78 is 4.98. The van der Waals surface area contributed by atoms with Gasteiger partial charge in [-0.1, -0.05) is 12.1 Å². The monoisotopic (exact) mass is 183 g/mol. The lowest BCUT2D eigenvalue weighted by molar-refractivity contribution is 0.576. The van der Waals surface area contributed by atoms with Crippen molar-refractivity contribution in [3.05, 3.63) is 41.0 Å². The lowest BCUT2D eigenvalue weighted by atomic mass is 10.3. The first kappa shape index (κ1) is 8.74. The third kappa shape index (κ3) is 1.31. The van der Waals surface area contributed by atoms with E-state index in [1.54, 1.807) is 18.2 Å². The molecule has 0 radical (unpaired) electrons. The van der Waals surface area contributed by atoms with Gasteiger partial charge in [0.2, 0.25) is 0 Å². The summed E-state index contributed by atoms with van der Waals surface area (Å²) in [6.45, 7) is 0. The zero-order valence-corrected chi connectivity index (χ0v) is 6.88. The van der Waals surface area contributed by atoms with Gasteiger partial charge in [0.05, 0.1) is 5.39 Å². The number of halogens is 1. The Bertz CT molecular complexity index is 433. The summed E-state index contributed by atoms with van der Waals surface area (Å²) >= 11 is 0. The van der Waals surface area contributed by atoms with Gasteiger partial charge < -0.3 is 4.42 Å². The van der Waals surface area contributed by atoms with Gasteiger partial charge >= 0.3 is 0 Å². The molecular weight excluding hydrogens is 178 g/mol. The second-order valence-corrected chi connectivity index (χ2v) is 2.15. The third-order valence-electron chi connectivity index (χ3n) is 1.47. The number of nitrogens with zero attached hydrogens (tertiary/aromatic N) is 1. The highest BCUT2D eigenvalue weighted by atomic mass is 35.5. The highest BCUT2D eigenvalue weighted by Gasteiger charge is 1.96. The maximum absolute atomic E-state index is 11.0. The Morgan fingerprint density at radius 3 is 2.75 bits per heavy atom. The van der Waals surface area contributed by atoms with E-state index in [1.165, 1.54) is 0 Å². The Balaban J connectivity index is 0.000000720. The predicted octanol–water partition coefficient (Wildman–Crippen LogP) is 1.61. The van der Waals surface area contributed by atoms with Crippen LogP contribution < -0.4 is 5.56 Å². The Labute approximate surface area is 74.5 Å². The third-order valence-corrected chi connectivity index (χ3v) is 1.47. The summed E-state index contributed by atoms with van der Waals surface area (Å²) in [6.07, 6.45) is 1.16. The summed E-state index contributed by atoms with van der Waals surface area (Å²) in [4.78, 5) is 14.5. The first-order valence-electron chi connectivity index (χ1n) is 3.20. The van der Waals surface area contributed by atoms with Crippen LogP contribution in [-0.4, -0.2) is 4.98 Å². The molecule has 3 nitrogen and oxygen atoms in total. The minimum atomic E-state index is -0.244. The first-order chi connectivity index (χ1) is 5.38. The molecular formula is C8H6ClNO2. The number of rotatable bonds is 0. The normalized spacial score (nSPS) is 9.33. The van der Waals surface area contributed by atoms with Crippen LogP contribution in [0.15, 0.2) is 39.9 Å². The smallest absolute Gasteiger partial charge is 0.283 e. The Morgan fingerprint density at radius 2 is 2.00 bits per heavy atom. The fourth-order valence-corrected chi connectivity index (χ4v) is 0.947. The van der Waals surface area contributed by atoms with Crippen LogP contribution >= 0.6 is 12.4 Å². The molecule has 0 aliphatic rings. The summed E-state index contributed by atoms with van der Waals surface area (Å²) in [5.74, 6) is 0. The fourth-order valence-electron chi connectivity index (χ4n) is 0.947. The zero-order valence-electron chi connectivity index (χ0n) is 6.06. The average Bonchev–Trinajstić information content (AvgIpc) is 2.06. The van der Waals surface area contributed by atoms with Gasteiger partial charge in [-0.15, -0.1) is 12.4 Å². The average molecular weight is 184 g/mol. The molecule has 0 N–H and O–H groups in total. The number of para-hydroxylation sites is 1. The van der Waals surface area contributed by atoms with Crippen molar-refractivity contribution >= 4 is 23.4 Å². The van der Waals surface area contributed by atoms with Crippen LogP contribution in [0.3, 0.4) is 0 Å². The van der Waals surface area contributed by atoms with Gasteiger partial charge in [0, 0.05) is 0 Å². The molecule has 0 aliphatic heterocycles. The van der Waals surface area contributed by atoms with Crippen LogP contribution in [0, 0.1) is 0 Å². The Hall–Kier alpha value is -1.35. The van der Waals surface area contributed by atoms with Crippen molar-refractivity contribution in [3.63, 3.8) is 0 Å². The summed E-state index contributed by atoms with van der Waals surface area (Å²) in [6, 6.07) is 7.01. The summed E-state index contributed by atoms with van der Waals surface area (Å²) in [7, 11) is 0. The second-order valence-electron chi connectivity index (χ2n) is 2.15. The van der Waals surface area contributed by atoms with Gasteiger partial charge in [-0.05, 0) is 12.1 Å². The number of hydrogen-bond acceptors (Lipinski definition) is 3. The van der Waals surface area contributed by atoms with Gasteiger partial charge in [0.25, 0.3) is 5.56 Å². The van der Waals surface area contributed by atoms with Crippen molar-refractivity contribution in [2.45, 2.75) is 0 Å². The molecule has 62 valence electrons. The maximum atomic E-state index is 11.0. The topological polar surface area (TPSA) is 43.1 Å². The maximum Gasteiger partial charge on any atom is 0.283 e. The van der Waals surface area contributed by atoms with Crippen molar-refractivity contribution in [1.29, 1.82) is 0 Å². The molecule has 1 heterocycles. The molecule has 0 aliphatic carbocycles. The number of benzene rings is 1. The van der Waals surface area contributed by atoms with E-state index in [4.69, 9.17) is 4.42 Å². The highest BCUT2D eigenvalue weighted by Crippen LogP contribution is 2.05. The number of fused-ring (bicyclic) bond motifs is 1. The van der Waals surface area contributed by atoms with Gasteiger partial charge in [-0.2, -0.15) is 4.98 Å². The second kappa shape index (κ2) is 3.36. The van der Waals surface area contributed by atoms with Crippen molar-refractivity contribution in [1.82, 2.24) is 4.98 Å². The van der Waals surface area contributed by atoms with E-state index in [9.17, 15) is 4.79 Å². The van der Waals surface area contributed by atoms with Gasteiger partial charge in [-0.25, -0.2) is 0 Å². The molecule has 0 saturated heterocycles. The van der Waals surface area contributed by atoms with E-state index in [-0.39, 0.29) is 18.0 Å². The minimum absolute atomic E-state index is 0. The van der Waals surface area contributed by atoms with Gasteiger partial charge in [0.15, 0.2) is 6.39 Å². The Morgan fingerprint density at radius 1 is 1.25 bits per heavy atom. The molecule has 4 heteroatoms. The molecule has 0 spiro atoms. The molecule has 12 heavy (non-hydrogen) atoms. The largest absolute Gasteiger partial charge is 0.445 e.